The Morgan fingerprint density at radius 1 is 1.21 bits per heavy atom. The Bertz CT molecular complexity index is 1150. The number of benzene rings is 2. The van der Waals surface area contributed by atoms with Gasteiger partial charge in [0.15, 0.2) is 5.69 Å². The van der Waals surface area contributed by atoms with Crippen LogP contribution in [0.25, 0.3) is 10.9 Å². The molecule has 4 aromatic rings. The summed E-state index contributed by atoms with van der Waals surface area (Å²) in [6, 6.07) is 12.1. The standard InChI is InChI=1S/C20H19FN6O/c1-13(2)27-19-7-6-17(9-15(19)10-22-27)23-20(28)18-12-26(25-24-18)11-14-4-3-5-16(21)8-14/h3-10,12-13H,11H2,1-2H3,(H,23,28). The molecule has 1 amide bonds. The highest BCUT2D eigenvalue weighted by molar-refractivity contribution is 6.03. The van der Waals surface area contributed by atoms with Crippen molar-refractivity contribution in [3.8, 4) is 0 Å². The van der Waals surface area contributed by atoms with Crippen LogP contribution in [0, 0.1) is 5.82 Å². The third-order valence-electron chi connectivity index (χ3n) is 4.35. The van der Waals surface area contributed by atoms with Crippen molar-refractivity contribution in [1.82, 2.24) is 24.8 Å². The van der Waals surface area contributed by atoms with Gasteiger partial charge in [0.1, 0.15) is 5.82 Å². The highest BCUT2D eigenvalue weighted by Gasteiger charge is 2.13. The van der Waals surface area contributed by atoms with E-state index in [2.05, 4.69) is 34.6 Å². The molecule has 0 radical (unpaired) electrons. The van der Waals surface area contributed by atoms with Gasteiger partial charge in [-0.25, -0.2) is 9.07 Å². The average molecular weight is 378 g/mol. The normalized spacial score (nSPS) is 11.3. The Hall–Kier alpha value is -3.55. The van der Waals surface area contributed by atoms with Gasteiger partial charge in [0.25, 0.3) is 5.91 Å². The van der Waals surface area contributed by atoms with Crippen molar-refractivity contribution in [2.24, 2.45) is 0 Å². The van der Waals surface area contributed by atoms with Crippen LogP contribution in [-0.4, -0.2) is 30.7 Å². The summed E-state index contributed by atoms with van der Waals surface area (Å²) < 4.78 is 16.7. The van der Waals surface area contributed by atoms with Crippen molar-refractivity contribution in [3.05, 3.63) is 71.9 Å². The lowest BCUT2D eigenvalue weighted by molar-refractivity contribution is 0.102. The second-order valence-electron chi connectivity index (χ2n) is 6.84. The number of carbonyl (C=O) groups excluding carboxylic acids is 1. The lowest BCUT2D eigenvalue weighted by Crippen LogP contribution is -2.12. The fraction of sp³-hybridized carbons (Fsp3) is 0.200. The molecule has 28 heavy (non-hydrogen) atoms. The molecule has 4 rings (SSSR count). The zero-order valence-corrected chi connectivity index (χ0v) is 15.5. The van der Waals surface area contributed by atoms with Gasteiger partial charge in [-0.05, 0) is 49.7 Å². The Morgan fingerprint density at radius 2 is 2.07 bits per heavy atom. The van der Waals surface area contributed by atoms with Crippen LogP contribution in [0.1, 0.15) is 35.9 Å². The number of aromatic nitrogens is 5. The molecule has 2 aromatic carbocycles. The van der Waals surface area contributed by atoms with E-state index in [0.717, 1.165) is 16.5 Å². The maximum absolute atomic E-state index is 13.3. The van der Waals surface area contributed by atoms with E-state index in [0.29, 0.717) is 12.2 Å². The molecule has 0 fully saturated rings. The molecule has 0 aliphatic carbocycles. The van der Waals surface area contributed by atoms with E-state index < -0.39 is 0 Å². The number of amides is 1. The van der Waals surface area contributed by atoms with Crippen molar-refractivity contribution < 1.29 is 9.18 Å². The number of fused-ring (bicyclic) bond motifs is 1. The van der Waals surface area contributed by atoms with Gasteiger partial charge in [0.05, 0.1) is 24.5 Å². The molecule has 0 atom stereocenters. The highest BCUT2D eigenvalue weighted by Crippen LogP contribution is 2.22. The molecule has 8 heteroatoms. The van der Waals surface area contributed by atoms with E-state index in [1.54, 1.807) is 18.3 Å². The first-order valence-electron chi connectivity index (χ1n) is 8.93. The smallest absolute Gasteiger partial charge is 0.277 e. The van der Waals surface area contributed by atoms with Crippen LogP contribution in [-0.2, 0) is 6.54 Å². The second kappa shape index (κ2) is 7.22. The SMILES string of the molecule is CC(C)n1ncc2cc(NC(=O)c3cn(Cc4cccc(F)c4)nn3)ccc21. The van der Waals surface area contributed by atoms with Crippen molar-refractivity contribution in [3.63, 3.8) is 0 Å². The fourth-order valence-electron chi connectivity index (χ4n) is 3.04. The van der Waals surface area contributed by atoms with E-state index in [1.165, 1.54) is 23.0 Å². The summed E-state index contributed by atoms with van der Waals surface area (Å²) in [5, 5.41) is 16.0. The molecule has 142 valence electrons. The predicted molar refractivity (Wildman–Crippen MR) is 104 cm³/mol. The molecule has 1 N–H and O–H groups in total. The number of nitrogens with one attached hydrogen (secondary N) is 1. The maximum Gasteiger partial charge on any atom is 0.277 e. The third kappa shape index (κ3) is 3.62. The minimum absolute atomic E-state index is 0.189. The van der Waals surface area contributed by atoms with Crippen molar-refractivity contribution in [2.75, 3.05) is 5.32 Å². The first-order chi connectivity index (χ1) is 13.5. The minimum Gasteiger partial charge on any atom is -0.321 e. The van der Waals surface area contributed by atoms with Crippen molar-refractivity contribution in [2.45, 2.75) is 26.4 Å². The number of anilines is 1. The van der Waals surface area contributed by atoms with Gasteiger partial charge in [0.2, 0.25) is 0 Å². The molecule has 0 aliphatic rings. The summed E-state index contributed by atoms with van der Waals surface area (Å²) in [5.74, 6) is -0.673. The molecular weight excluding hydrogens is 359 g/mol. The van der Waals surface area contributed by atoms with E-state index >= 15 is 0 Å². The molecule has 0 bridgehead atoms. The number of hydrogen-bond donors (Lipinski definition) is 1. The molecule has 0 saturated heterocycles. The summed E-state index contributed by atoms with van der Waals surface area (Å²) in [5.41, 5.74) is 2.59. The van der Waals surface area contributed by atoms with Gasteiger partial charge in [0, 0.05) is 17.1 Å². The molecule has 2 heterocycles. The first-order valence-corrected chi connectivity index (χ1v) is 8.93. The number of nitrogens with zero attached hydrogens (tertiary/aromatic N) is 5. The Balaban J connectivity index is 1.48. The van der Waals surface area contributed by atoms with Gasteiger partial charge >= 0.3 is 0 Å². The van der Waals surface area contributed by atoms with Crippen LogP contribution in [0.4, 0.5) is 10.1 Å². The van der Waals surface area contributed by atoms with Gasteiger partial charge in [-0.3, -0.25) is 9.48 Å². The van der Waals surface area contributed by atoms with E-state index in [1.807, 2.05) is 22.9 Å². The van der Waals surface area contributed by atoms with Gasteiger partial charge in [-0.1, -0.05) is 17.3 Å². The zero-order valence-electron chi connectivity index (χ0n) is 15.5. The first kappa shape index (κ1) is 17.8. The van der Waals surface area contributed by atoms with Crippen LogP contribution in [0.5, 0.6) is 0 Å². The zero-order chi connectivity index (χ0) is 19.7. The van der Waals surface area contributed by atoms with Crippen LogP contribution in [0.3, 0.4) is 0 Å². The van der Waals surface area contributed by atoms with E-state index in [9.17, 15) is 9.18 Å². The molecule has 0 unspecified atom stereocenters. The lowest BCUT2D eigenvalue weighted by atomic mass is 10.2. The number of halogens is 1. The molecule has 0 aliphatic heterocycles. The largest absolute Gasteiger partial charge is 0.321 e. The van der Waals surface area contributed by atoms with Crippen LogP contribution in [0.2, 0.25) is 0 Å². The van der Waals surface area contributed by atoms with Crippen LogP contribution < -0.4 is 5.32 Å². The Labute approximate surface area is 160 Å². The molecule has 0 saturated carbocycles. The van der Waals surface area contributed by atoms with E-state index in [-0.39, 0.29) is 23.5 Å². The Kier molecular flexibility index (Phi) is 4.60. The van der Waals surface area contributed by atoms with Crippen molar-refractivity contribution >= 4 is 22.5 Å². The summed E-state index contributed by atoms with van der Waals surface area (Å²) >= 11 is 0. The number of hydrogen-bond acceptors (Lipinski definition) is 4. The molecule has 7 nitrogen and oxygen atoms in total. The van der Waals surface area contributed by atoms with Gasteiger partial charge in [-0.15, -0.1) is 5.10 Å². The molecular formula is C20H19FN6O. The maximum atomic E-state index is 13.3. The van der Waals surface area contributed by atoms with Crippen LogP contribution >= 0.6 is 0 Å². The van der Waals surface area contributed by atoms with Gasteiger partial charge in [-0.2, -0.15) is 5.10 Å². The van der Waals surface area contributed by atoms with Crippen LogP contribution in [0.15, 0.2) is 54.9 Å². The topological polar surface area (TPSA) is 77.6 Å². The predicted octanol–water partition coefficient (Wildman–Crippen LogP) is 3.65. The van der Waals surface area contributed by atoms with Gasteiger partial charge < -0.3 is 5.32 Å². The quantitative estimate of drug-likeness (QED) is 0.575. The average Bonchev–Trinajstić information content (AvgIpc) is 3.28. The monoisotopic (exact) mass is 378 g/mol. The summed E-state index contributed by atoms with van der Waals surface area (Å²) in [6.07, 6.45) is 3.32. The highest BCUT2D eigenvalue weighted by atomic mass is 19.1. The molecule has 2 aromatic heterocycles. The lowest BCUT2D eigenvalue weighted by Gasteiger charge is -2.08. The number of rotatable bonds is 5. The fourth-order valence-corrected chi connectivity index (χ4v) is 3.04. The molecule has 0 spiro atoms. The third-order valence-corrected chi connectivity index (χ3v) is 4.35. The van der Waals surface area contributed by atoms with E-state index in [4.69, 9.17) is 0 Å². The Morgan fingerprint density at radius 3 is 2.86 bits per heavy atom. The minimum atomic E-state index is -0.360. The second-order valence-corrected chi connectivity index (χ2v) is 6.84. The van der Waals surface area contributed by atoms with Crippen molar-refractivity contribution in [1.29, 1.82) is 0 Å². The number of carbonyl (C=O) groups is 1. The summed E-state index contributed by atoms with van der Waals surface area (Å²) in [7, 11) is 0. The summed E-state index contributed by atoms with van der Waals surface area (Å²) in [6.45, 7) is 4.46. The summed E-state index contributed by atoms with van der Waals surface area (Å²) in [4.78, 5) is 12.5.